The third kappa shape index (κ3) is 4.72. The lowest BCUT2D eigenvalue weighted by Gasteiger charge is -2.06. The van der Waals surface area contributed by atoms with Crippen molar-refractivity contribution in [1.29, 1.82) is 0 Å². The standard InChI is InChI=1S/C12H21N3O2S/c1-2-3-4-5-8-15-18(16,17)12-7-6-11(9-13)14-10-12/h6-7,10,15H,2-5,8-9,13H2,1H3. The quantitative estimate of drug-likeness (QED) is 0.700. The summed E-state index contributed by atoms with van der Waals surface area (Å²) in [5, 5.41) is 0. The van der Waals surface area contributed by atoms with Crippen molar-refractivity contribution in [2.24, 2.45) is 5.73 Å². The molecule has 0 amide bonds. The number of hydrogen-bond donors (Lipinski definition) is 2. The van der Waals surface area contributed by atoms with E-state index in [0.29, 0.717) is 18.8 Å². The molecular weight excluding hydrogens is 250 g/mol. The van der Waals surface area contributed by atoms with Crippen molar-refractivity contribution in [1.82, 2.24) is 9.71 Å². The number of pyridine rings is 1. The van der Waals surface area contributed by atoms with Gasteiger partial charge in [0.15, 0.2) is 0 Å². The number of rotatable bonds is 8. The SMILES string of the molecule is CCCCCCNS(=O)(=O)c1ccc(CN)nc1. The molecule has 1 heterocycles. The van der Waals surface area contributed by atoms with Gasteiger partial charge in [-0.05, 0) is 18.6 Å². The Kier molecular flexibility index (Phi) is 6.24. The maximum atomic E-state index is 11.9. The summed E-state index contributed by atoms with van der Waals surface area (Å²) >= 11 is 0. The van der Waals surface area contributed by atoms with Crippen LogP contribution in [0.2, 0.25) is 0 Å². The lowest BCUT2D eigenvalue weighted by molar-refractivity contribution is 0.573. The molecule has 102 valence electrons. The molecule has 0 fully saturated rings. The van der Waals surface area contributed by atoms with Gasteiger partial charge in [-0.15, -0.1) is 0 Å². The summed E-state index contributed by atoms with van der Waals surface area (Å²) in [6.45, 7) is 2.90. The van der Waals surface area contributed by atoms with Crippen LogP contribution < -0.4 is 10.5 Å². The van der Waals surface area contributed by atoms with E-state index in [9.17, 15) is 8.42 Å². The summed E-state index contributed by atoms with van der Waals surface area (Å²) in [6.07, 6.45) is 5.52. The van der Waals surface area contributed by atoms with Gasteiger partial charge in [-0.1, -0.05) is 26.2 Å². The van der Waals surface area contributed by atoms with Crippen LogP contribution >= 0.6 is 0 Å². The smallest absolute Gasteiger partial charge is 0.242 e. The van der Waals surface area contributed by atoms with E-state index in [0.717, 1.165) is 25.7 Å². The fourth-order valence-electron chi connectivity index (χ4n) is 1.53. The fourth-order valence-corrected chi connectivity index (χ4v) is 2.55. The van der Waals surface area contributed by atoms with Crippen LogP contribution in [0.15, 0.2) is 23.2 Å². The summed E-state index contributed by atoms with van der Waals surface area (Å²) in [7, 11) is -3.43. The molecule has 1 rings (SSSR count). The van der Waals surface area contributed by atoms with Crippen molar-refractivity contribution in [3.05, 3.63) is 24.0 Å². The van der Waals surface area contributed by atoms with Crippen molar-refractivity contribution in [2.45, 2.75) is 44.0 Å². The van der Waals surface area contributed by atoms with Gasteiger partial charge in [-0.2, -0.15) is 0 Å². The first-order chi connectivity index (χ1) is 8.60. The molecule has 1 aromatic heterocycles. The normalized spacial score (nSPS) is 11.7. The number of nitrogens with two attached hydrogens (primary N) is 1. The second-order valence-electron chi connectivity index (χ2n) is 4.15. The maximum absolute atomic E-state index is 11.9. The van der Waals surface area contributed by atoms with Gasteiger partial charge >= 0.3 is 0 Å². The first-order valence-electron chi connectivity index (χ1n) is 6.25. The summed E-state index contributed by atoms with van der Waals surface area (Å²) in [6, 6.07) is 3.16. The highest BCUT2D eigenvalue weighted by atomic mass is 32.2. The summed E-state index contributed by atoms with van der Waals surface area (Å²) in [5.41, 5.74) is 6.09. The van der Waals surface area contributed by atoms with Crippen molar-refractivity contribution in [3.63, 3.8) is 0 Å². The highest BCUT2D eigenvalue weighted by Gasteiger charge is 2.13. The van der Waals surface area contributed by atoms with Crippen LogP contribution in [0.3, 0.4) is 0 Å². The zero-order valence-electron chi connectivity index (χ0n) is 10.7. The van der Waals surface area contributed by atoms with Crippen molar-refractivity contribution >= 4 is 10.0 Å². The largest absolute Gasteiger partial charge is 0.325 e. The molecule has 0 aromatic carbocycles. The van der Waals surface area contributed by atoms with Crippen LogP contribution in [0.1, 0.15) is 38.3 Å². The summed E-state index contributed by atoms with van der Waals surface area (Å²) < 4.78 is 26.3. The van der Waals surface area contributed by atoms with Crippen LogP contribution in [0, 0.1) is 0 Å². The highest BCUT2D eigenvalue weighted by molar-refractivity contribution is 7.89. The van der Waals surface area contributed by atoms with Crippen molar-refractivity contribution < 1.29 is 8.42 Å². The molecule has 0 saturated heterocycles. The van der Waals surface area contributed by atoms with E-state index >= 15 is 0 Å². The first kappa shape index (κ1) is 15.1. The number of nitrogens with one attached hydrogen (secondary N) is 1. The van der Waals surface area contributed by atoms with Gasteiger partial charge in [-0.25, -0.2) is 13.1 Å². The third-order valence-corrected chi connectivity index (χ3v) is 4.09. The van der Waals surface area contributed by atoms with E-state index in [1.54, 1.807) is 6.07 Å². The topological polar surface area (TPSA) is 85.1 Å². The lowest BCUT2D eigenvalue weighted by atomic mass is 10.2. The van der Waals surface area contributed by atoms with Crippen LogP contribution in [-0.4, -0.2) is 19.9 Å². The zero-order chi connectivity index (χ0) is 13.4. The van der Waals surface area contributed by atoms with Gasteiger partial charge in [0.1, 0.15) is 4.90 Å². The lowest BCUT2D eigenvalue weighted by Crippen LogP contribution is -2.25. The Balaban J connectivity index is 2.51. The van der Waals surface area contributed by atoms with Gasteiger partial charge in [0, 0.05) is 19.3 Å². The third-order valence-electron chi connectivity index (χ3n) is 2.64. The molecule has 0 spiro atoms. The monoisotopic (exact) mass is 271 g/mol. The van der Waals surface area contributed by atoms with Gasteiger partial charge in [0.25, 0.3) is 0 Å². The van der Waals surface area contributed by atoms with Gasteiger partial charge < -0.3 is 5.73 Å². The molecule has 1 aromatic rings. The van der Waals surface area contributed by atoms with E-state index in [2.05, 4.69) is 16.6 Å². The molecule has 0 aliphatic heterocycles. The van der Waals surface area contributed by atoms with Crippen LogP contribution in [-0.2, 0) is 16.6 Å². The Bertz CT molecular complexity index is 443. The highest BCUT2D eigenvalue weighted by Crippen LogP contribution is 2.08. The number of nitrogens with zero attached hydrogens (tertiary/aromatic N) is 1. The predicted molar refractivity (Wildman–Crippen MR) is 71.5 cm³/mol. The number of aromatic nitrogens is 1. The molecule has 5 nitrogen and oxygen atoms in total. The Hall–Kier alpha value is -0.980. The molecule has 0 bridgehead atoms. The second kappa shape index (κ2) is 7.45. The van der Waals surface area contributed by atoms with Crippen LogP contribution in [0.25, 0.3) is 0 Å². The number of hydrogen-bond acceptors (Lipinski definition) is 4. The minimum absolute atomic E-state index is 0.190. The molecular formula is C12H21N3O2S. The summed E-state index contributed by atoms with van der Waals surface area (Å²) in [5.74, 6) is 0. The van der Waals surface area contributed by atoms with Crippen LogP contribution in [0.4, 0.5) is 0 Å². The number of sulfonamides is 1. The Labute approximate surface area is 109 Å². The molecule has 0 atom stereocenters. The van der Waals surface area contributed by atoms with Crippen molar-refractivity contribution in [3.8, 4) is 0 Å². The zero-order valence-corrected chi connectivity index (χ0v) is 11.5. The molecule has 0 aliphatic rings. The minimum Gasteiger partial charge on any atom is -0.325 e. The van der Waals surface area contributed by atoms with E-state index < -0.39 is 10.0 Å². The Morgan fingerprint density at radius 3 is 2.61 bits per heavy atom. The average Bonchev–Trinajstić information content (AvgIpc) is 2.38. The first-order valence-corrected chi connectivity index (χ1v) is 7.73. The van der Waals surface area contributed by atoms with E-state index in [4.69, 9.17) is 5.73 Å². The van der Waals surface area contributed by atoms with Gasteiger partial charge in [-0.3, -0.25) is 4.98 Å². The Morgan fingerprint density at radius 1 is 1.28 bits per heavy atom. The maximum Gasteiger partial charge on any atom is 0.242 e. The van der Waals surface area contributed by atoms with E-state index in [1.807, 2.05) is 0 Å². The van der Waals surface area contributed by atoms with E-state index in [1.165, 1.54) is 12.3 Å². The van der Waals surface area contributed by atoms with Gasteiger partial charge in [0.05, 0.1) is 5.69 Å². The minimum atomic E-state index is -3.43. The number of unbranched alkanes of at least 4 members (excludes halogenated alkanes) is 3. The molecule has 0 radical (unpaired) electrons. The average molecular weight is 271 g/mol. The molecule has 6 heteroatoms. The van der Waals surface area contributed by atoms with E-state index in [-0.39, 0.29) is 4.90 Å². The molecule has 0 aliphatic carbocycles. The molecule has 0 saturated carbocycles. The fraction of sp³-hybridized carbons (Fsp3) is 0.583. The molecule has 3 N–H and O–H groups in total. The summed E-state index contributed by atoms with van der Waals surface area (Å²) in [4.78, 5) is 4.17. The molecule has 0 unspecified atom stereocenters. The van der Waals surface area contributed by atoms with Crippen LogP contribution in [0.5, 0.6) is 0 Å². The van der Waals surface area contributed by atoms with Crippen molar-refractivity contribution in [2.75, 3.05) is 6.54 Å². The second-order valence-corrected chi connectivity index (χ2v) is 5.91. The Morgan fingerprint density at radius 2 is 2.06 bits per heavy atom. The molecule has 18 heavy (non-hydrogen) atoms. The predicted octanol–water partition coefficient (Wildman–Crippen LogP) is 1.40. The van der Waals surface area contributed by atoms with Gasteiger partial charge in [0.2, 0.25) is 10.0 Å².